The Balaban J connectivity index is 3.98. The van der Waals surface area contributed by atoms with Gasteiger partial charge in [0.1, 0.15) is 0 Å². The van der Waals surface area contributed by atoms with Gasteiger partial charge in [0.05, 0.1) is 30.5 Å². The first-order valence-corrected chi connectivity index (χ1v) is 11.2. The lowest BCUT2D eigenvalue weighted by Gasteiger charge is -2.26. The lowest BCUT2D eigenvalue weighted by atomic mass is 9.88. The SMILES string of the molecule is CCCCC(C)[C@H](O)[C@@H](O)C[C@@H](C)C[C@@H](O)CCCC[C@@H](O)C[C@H](O)[C@H](C)N. The fourth-order valence-electron chi connectivity index (χ4n) is 3.68. The van der Waals surface area contributed by atoms with Crippen molar-refractivity contribution in [3.05, 3.63) is 0 Å². The van der Waals surface area contributed by atoms with Crippen molar-refractivity contribution in [2.45, 2.75) is 128 Å². The fourth-order valence-corrected chi connectivity index (χ4v) is 3.68. The normalized spacial score (nSPS) is 20.8. The molecule has 0 bridgehead atoms. The van der Waals surface area contributed by atoms with Crippen molar-refractivity contribution in [2.75, 3.05) is 0 Å². The Kier molecular flexibility index (Phi) is 15.4. The molecule has 0 aromatic rings. The van der Waals surface area contributed by atoms with Gasteiger partial charge in [0, 0.05) is 12.5 Å². The highest BCUT2D eigenvalue weighted by Crippen LogP contribution is 2.22. The van der Waals surface area contributed by atoms with E-state index in [1.54, 1.807) is 6.92 Å². The summed E-state index contributed by atoms with van der Waals surface area (Å²) < 4.78 is 0. The first-order valence-electron chi connectivity index (χ1n) is 11.2. The van der Waals surface area contributed by atoms with Gasteiger partial charge >= 0.3 is 0 Å². The van der Waals surface area contributed by atoms with Crippen LogP contribution in [0.3, 0.4) is 0 Å². The molecule has 0 saturated carbocycles. The van der Waals surface area contributed by atoms with Crippen molar-refractivity contribution in [3.63, 3.8) is 0 Å². The van der Waals surface area contributed by atoms with Crippen LogP contribution in [-0.4, -0.2) is 62.1 Å². The van der Waals surface area contributed by atoms with E-state index in [-0.39, 0.29) is 24.3 Å². The molecule has 6 heteroatoms. The number of aliphatic hydroxyl groups is 5. The first kappa shape index (κ1) is 27.8. The fraction of sp³-hybridized carbons (Fsp3) is 1.00. The van der Waals surface area contributed by atoms with E-state index in [1.165, 1.54) is 0 Å². The van der Waals surface area contributed by atoms with Crippen LogP contribution in [0.25, 0.3) is 0 Å². The minimum Gasteiger partial charge on any atom is -0.393 e. The van der Waals surface area contributed by atoms with E-state index in [0.29, 0.717) is 25.7 Å². The number of hydrogen-bond donors (Lipinski definition) is 6. The van der Waals surface area contributed by atoms with Crippen LogP contribution in [-0.2, 0) is 0 Å². The zero-order valence-corrected chi connectivity index (χ0v) is 18.5. The molecule has 0 aromatic carbocycles. The van der Waals surface area contributed by atoms with Gasteiger partial charge < -0.3 is 31.3 Å². The summed E-state index contributed by atoms with van der Waals surface area (Å²) in [7, 11) is 0. The van der Waals surface area contributed by atoms with Crippen molar-refractivity contribution >= 4 is 0 Å². The lowest BCUT2D eigenvalue weighted by molar-refractivity contribution is -0.0288. The molecule has 0 rings (SSSR count). The molecule has 0 radical (unpaired) electrons. The predicted molar refractivity (Wildman–Crippen MR) is 114 cm³/mol. The number of rotatable bonds is 17. The highest BCUT2D eigenvalue weighted by molar-refractivity contribution is 4.76. The summed E-state index contributed by atoms with van der Waals surface area (Å²) in [6, 6.07) is -0.346. The van der Waals surface area contributed by atoms with Crippen LogP contribution in [0.15, 0.2) is 0 Å². The van der Waals surface area contributed by atoms with Gasteiger partial charge in [0.15, 0.2) is 0 Å². The molecule has 1 unspecified atom stereocenters. The zero-order chi connectivity index (χ0) is 21.7. The Morgan fingerprint density at radius 2 is 1.21 bits per heavy atom. The van der Waals surface area contributed by atoms with E-state index in [1.807, 2.05) is 13.8 Å². The summed E-state index contributed by atoms with van der Waals surface area (Å²) in [5, 5.41) is 50.3. The van der Waals surface area contributed by atoms with Gasteiger partial charge in [-0.3, -0.25) is 0 Å². The Morgan fingerprint density at radius 3 is 1.71 bits per heavy atom. The second kappa shape index (κ2) is 15.6. The molecular formula is C22H47NO5. The Hall–Kier alpha value is -0.240. The van der Waals surface area contributed by atoms with E-state index < -0.39 is 30.5 Å². The summed E-state index contributed by atoms with van der Waals surface area (Å²) in [5.41, 5.74) is 5.59. The molecule has 0 fully saturated rings. The molecule has 170 valence electrons. The van der Waals surface area contributed by atoms with Gasteiger partial charge in [-0.05, 0) is 50.9 Å². The maximum atomic E-state index is 10.3. The quantitative estimate of drug-likeness (QED) is 0.206. The standard InChI is InChI=1S/C22H47NO5/c1-5-6-9-16(3)22(28)21(27)13-15(2)12-18(24)10-7-8-11-19(25)14-20(26)17(4)23/h15-22,24-28H,5-14,23H2,1-4H3/t15-,16?,17-,18-,19+,20-,21-,22-/m0/s1. The number of aliphatic hydroxyl groups excluding tert-OH is 5. The number of unbranched alkanes of at least 4 members (excludes halogenated alkanes) is 2. The molecule has 0 heterocycles. The Morgan fingerprint density at radius 1 is 0.679 bits per heavy atom. The van der Waals surface area contributed by atoms with E-state index in [9.17, 15) is 25.5 Å². The highest BCUT2D eigenvalue weighted by atomic mass is 16.3. The van der Waals surface area contributed by atoms with E-state index in [0.717, 1.165) is 32.1 Å². The second-order valence-electron chi connectivity index (χ2n) is 9.01. The van der Waals surface area contributed by atoms with E-state index >= 15 is 0 Å². The maximum Gasteiger partial charge on any atom is 0.0824 e. The first-order chi connectivity index (χ1) is 13.1. The van der Waals surface area contributed by atoms with Gasteiger partial charge in [0.2, 0.25) is 0 Å². The van der Waals surface area contributed by atoms with Crippen molar-refractivity contribution in [1.82, 2.24) is 0 Å². The van der Waals surface area contributed by atoms with Crippen molar-refractivity contribution in [2.24, 2.45) is 17.6 Å². The topological polar surface area (TPSA) is 127 Å². The third-order valence-electron chi connectivity index (χ3n) is 5.75. The van der Waals surface area contributed by atoms with Gasteiger partial charge in [-0.1, -0.05) is 46.5 Å². The largest absolute Gasteiger partial charge is 0.393 e. The predicted octanol–water partition coefficient (Wildman–Crippen LogP) is 2.33. The van der Waals surface area contributed by atoms with Crippen LogP contribution in [0.2, 0.25) is 0 Å². The van der Waals surface area contributed by atoms with E-state index in [4.69, 9.17) is 5.73 Å². The Bertz CT molecular complexity index is 369. The monoisotopic (exact) mass is 405 g/mol. The third-order valence-corrected chi connectivity index (χ3v) is 5.75. The summed E-state index contributed by atoms with van der Waals surface area (Å²) in [6.45, 7) is 7.81. The van der Waals surface area contributed by atoms with Crippen LogP contribution in [0.5, 0.6) is 0 Å². The number of hydrogen-bond acceptors (Lipinski definition) is 6. The average Bonchev–Trinajstić information content (AvgIpc) is 2.62. The summed E-state index contributed by atoms with van der Waals surface area (Å²) >= 11 is 0. The van der Waals surface area contributed by atoms with Gasteiger partial charge in [-0.2, -0.15) is 0 Å². The van der Waals surface area contributed by atoms with Crippen LogP contribution in [0.1, 0.15) is 91.9 Å². The average molecular weight is 406 g/mol. The van der Waals surface area contributed by atoms with Crippen molar-refractivity contribution in [1.29, 1.82) is 0 Å². The summed E-state index contributed by atoms with van der Waals surface area (Å²) in [5.74, 6) is 0.212. The minimum atomic E-state index is -0.749. The molecule has 28 heavy (non-hydrogen) atoms. The molecule has 0 aliphatic carbocycles. The molecule has 8 atom stereocenters. The molecular weight excluding hydrogens is 358 g/mol. The molecule has 0 spiro atoms. The highest BCUT2D eigenvalue weighted by Gasteiger charge is 2.25. The molecule has 7 N–H and O–H groups in total. The third kappa shape index (κ3) is 13.1. The van der Waals surface area contributed by atoms with Crippen LogP contribution < -0.4 is 5.73 Å². The van der Waals surface area contributed by atoms with E-state index in [2.05, 4.69) is 6.92 Å². The van der Waals surface area contributed by atoms with Crippen LogP contribution in [0, 0.1) is 11.8 Å². The molecule has 0 saturated heterocycles. The van der Waals surface area contributed by atoms with Crippen molar-refractivity contribution in [3.8, 4) is 0 Å². The Labute approximate surface area is 172 Å². The molecule has 0 aliphatic rings. The van der Waals surface area contributed by atoms with Gasteiger partial charge in [-0.15, -0.1) is 0 Å². The number of nitrogens with two attached hydrogens (primary N) is 1. The maximum absolute atomic E-state index is 10.3. The van der Waals surface area contributed by atoms with Crippen LogP contribution >= 0.6 is 0 Å². The molecule has 6 nitrogen and oxygen atoms in total. The van der Waals surface area contributed by atoms with Crippen LogP contribution in [0.4, 0.5) is 0 Å². The van der Waals surface area contributed by atoms with Gasteiger partial charge in [0.25, 0.3) is 0 Å². The molecule has 0 aromatic heterocycles. The smallest absolute Gasteiger partial charge is 0.0824 e. The molecule has 0 amide bonds. The summed E-state index contributed by atoms with van der Waals surface area (Å²) in [6.07, 6.45) is 4.10. The van der Waals surface area contributed by atoms with Crippen molar-refractivity contribution < 1.29 is 25.5 Å². The van der Waals surface area contributed by atoms with Gasteiger partial charge in [-0.25, -0.2) is 0 Å². The lowest BCUT2D eigenvalue weighted by Crippen LogP contribution is -2.34. The summed E-state index contributed by atoms with van der Waals surface area (Å²) in [4.78, 5) is 0. The second-order valence-corrected chi connectivity index (χ2v) is 9.01. The molecule has 0 aliphatic heterocycles. The zero-order valence-electron chi connectivity index (χ0n) is 18.5. The minimum absolute atomic E-state index is 0.0827.